The zero-order valence-corrected chi connectivity index (χ0v) is 13.2. The first-order valence-corrected chi connectivity index (χ1v) is 7.67. The standard InChI is InChI=1S/C15H29N3O2/c1-11(18-7-8-20-14(2,3)10-18)9-15(4,13(16)19)17-12-5-6-12/h11-12,17H,5-10H2,1-4H3,(H2,16,19). The lowest BCUT2D eigenvalue weighted by atomic mass is 9.91. The molecule has 1 aliphatic heterocycles. The van der Waals surface area contributed by atoms with Crippen LogP contribution in [0.5, 0.6) is 0 Å². The van der Waals surface area contributed by atoms with Gasteiger partial charge in [-0.2, -0.15) is 0 Å². The molecule has 2 rings (SSSR count). The highest BCUT2D eigenvalue weighted by Crippen LogP contribution is 2.27. The van der Waals surface area contributed by atoms with E-state index in [1.807, 2.05) is 6.92 Å². The van der Waals surface area contributed by atoms with Crippen LogP contribution in [0.15, 0.2) is 0 Å². The van der Waals surface area contributed by atoms with E-state index in [9.17, 15) is 4.79 Å². The second-order valence-corrected chi connectivity index (χ2v) is 7.25. The van der Waals surface area contributed by atoms with Crippen molar-refractivity contribution in [3.8, 4) is 0 Å². The van der Waals surface area contributed by atoms with Crippen LogP contribution in [0.3, 0.4) is 0 Å². The van der Waals surface area contributed by atoms with Gasteiger partial charge < -0.3 is 15.8 Å². The van der Waals surface area contributed by atoms with Crippen molar-refractivity contribution in [2.24, 2.45) is 5.73 Å². The number of morpholine rings is 1. The highest BCUT2D eigenvalue weighted by atomic mass is 16.5. The Hall–Kier alpha value is -0.650. The van der Waals surface area contributed by atoms with E-state index in [4.69, 9.17) is 10.5 Å². The van der Waals surface area contributed by atoms with Gasteiger partial charge in [0.05, 0.1) is 17.7 Å². The normalized spacial score (nSPS) is 27.8. The average molecular weight is 283 g/mol. The van der Waals surface area contributed by atoms with Gasteiger partial charge in [0.1, 0.15) is 0 Å². The molecule has 1 saturated carbocycles. The van der Waals surface area contributed by atoms with Crippen LogP contribution in [0.4, 0.5) is 0 Å². The third kappa shape index (κ3) is 3.93. The molecule has 1 heterocycles. The summed E-state index contributed by atoms with van der Waals surface area (Å²) in [6, 6.07) is 0.780. The lowest BCUT2D eigenvalue weighted by molar-refractivity contribution is -0.126. The van der Waals surface area contributed by atoms with Crippen LogP contribution in [0.25, 0.3) is 0 Å². The molecule has 0 radical (unpaired) electrons. The molecule has 0 aromatic carbocycles. The third-order valence-corrected chi connectivity index (χ3v) is 4.43. The Balaban J connectivity index is 1.96. The van der Waals surface area contributed by atoms with Gasteiger partial charge in [-0.1, -0.05) is 0 Å². The number of nitrogens with zero attached hydrogens (tertiary/aromatic N) is 1. The van der Waals surface area contributed by atoms with Crippen molar-refractivity contribution in [1.82, 2.24) is 10.2 Å². The molecule has 2 unspecified atom stereocenters. The molecule has 0 aromatic rings. The molecule has 1 saturated heterocycles. The number of carbonyl (C=O) groups excluding carboxylic acids is 1. The van der Waals surface area contributed by atoms with E-state index >= 15 is 0 Å². The molecule has 116 valence electrons. The molecular formula is C15H29N3O2. The van der Waals surface area contributed by atoms with Gasteiger partial charge in [-0.05, 0) is 47.0 Å². The van der Waals surface area contributed by atoms with Crippen molar-refractivity contribution in [3.05, 3.63) is 0 Å². The zero-order chi connectivity index (χ0) is 15.0. The second kappa shape index (κ2) is 5.62. The summed E-state index contributed by atoms with van der Waals surface area (Å²) < 4.78 is 5.75. The SMILES string of the molecule is CC(CC(C)(NC1CC1)C(N)=O)N1CCOC(C)(C)C1. The molecule has 0 aromatic heterocycles. The number of ether oxygens (including phenoxy) is 1. The number of rotatable bonds is 6. The first-order valence-electron chi connectivity index (χ1n) is 7.67. The molecule has 5 heteroatoms. The van der Waals surface area contributed by atoms with Crippen molar-refractivity contribution in [2.75, 3.05) is 19.7 Å². The summed E-state index contributed by atoms with van der Waals surface area (Å²) in [5, 5.41) is 3.43. The van der Waals surface area contributed by atoms with E-state index in [1.165, 1.54) is 0 Å². The topological polar surface area (TPSA) is 67.6 Å². The van der Waals surface area contributed by atoms with E-state index in [1.54, 1.807) is 0 Å². The van der Waals surface area contributed by atoms with Crippen LogP contribution < -0.4 is 11.1 Å². The number of primary amides is 1. The Bertz CT molecular complexity index is 368. The Kier molecular flexibility index (Phi) is 4.42. The number of amides is 1. The molecule has 2 aliphatic rings. The summed E-state index contributed by atoms with van der Waals surface area (Å²) in [5.74, 6) is -0.247. The molecule has 1 amide bonds. The number of hydrogen-bond acceptors (Lipinski definition) is 4. The second-order valence-electron chi connectivity index (χ2n) is 7.25. The van der Waals surface area contributed by atoms with E-state index in [-0.39, 0.29) is 11.5 Å². The maximum absolute atomic E-state index is 11.8. The quantitative estimate of drug-likeness (QED) is 0.759. The van der Waals surface area contributed by atoms with Gasteiger partial charge >= 0.3 is 0 Å². The van der Waals surface area contributed by atoms with Crippen molar-refractivity contribution >= 4 is 5.91 Å². The Morgan fingerprint density at radius 2 is 2.20 bits per heavy atom. The van der Waals surface area contributed by atoms with Gasteiger partial charge in [0.2, 0.25) is 5.91 Å². The number of nitrogens with one attached hydrogen (secondary N) is 1. The van der Waals surface area contributed by atoms with E-state index in [0.717, 1.165) is 39.0 Å². The fourth-order valence-electron chi connectivity index (χ4n) is 3.06. The summed E-state index contributed by atoms with van der Waals surface area (Å²) >= 11 is 0. The van der Waals surface area contributed by atoms with Gasteiger partial charge in [0, 0.05) is 25.2 Å². The van der Waals surface area contributed by atoms with Crippen molar-refractivity contribution in [3.63, 3.8) is 0 Å². The minimum Gasteiger partial charge on any atom is -0.373 e. The number of carbonyl (C=O) groups is 1. The van der Waals surface area contributed by atoms with Crippen LogP contribution in [0, 0.1) is 0 Å². The molecule has 0 spiro atoms. The zero-order valence-electron chi connectivity index (χ0n) is 13.2. The lowest BCUT2D eigenvalue weighted by Gasteiger charge is -2.43. The van der Waals surface area contributed by atoms with Gasteiger partial charge in [-0.3, -0.25) is 9.69 Å². The van der Waals surface area contributed by atoms with Crippen LogP contribution in [0.1, 0.15) is 47.0 Å². The molecule has 5 nitrogen and oxygen atoms in total. The van der Waals surface area contributed by atoms with Crippen LogP contribution >= 0.6 is 0 Å². The monoisotopic (exact) mass is 283 g/mol. The predicted octanol–water partition coefficient (Wildman–Crippen LogP) is 0.872. The van der Waals surface area contributed by atoms with Gasteiger partial charge in [-0.25, -0.2) is 0 Å². The molecule has 0 bridgehead atoms. The van der Waals surface area contributed by atoms with Gasteiger partial charge in [-0.15, -0.1) is 0 Å². The summed E-state index contributed by atoms with van der Waals surface area (Å²) in [7, 11) is 0. The average Bonchev–Trinajstić information content (AvgIpc) is 3.11. The van der Waals surface area contributed by atoms with Crippen LogP contribution in [-0.4, -0.2) is 53.7 Å². The lowest BCUT2D eigenvalue weighted by Crippen LogP contribution is -2.59. The third-order valence-electron chi connectivity index (χ3n) is 4.43. The Labute approximate surface area is 122 Å². The summed E-state index contributed by atoms with van der Waals surface area (Å²) in [6.07, 6.45) is 3.05. The molecule has 2 atom stereocenters. The van der Waals surface area contributed by atoms with Crippen molar-refractivity contribution in [2.45, 2.75) is 70.2 Å². The first-order chi connectivity index (χ1) is 9.22. The molecule has 3 N–H and O–H groups in total. The van der Waals surface area contributed by atoms with E-state index in [0.29, 0.717) is 12.1 Å². The van der Waals surface area contributed by atoms with Crippen molar-refractivity contribution in [1.29, 1.82) is 0 Å². The van der Waals surface area contributed by atoms with Crippen LogP contribution in [-0.2, 0) is 9.53 Å². The fraction of sp³-hybridized carbons (Fsp3) is 0.933. The summed E-state index contributed by atoms with van der Waals surface area (Å²) in [6.45, 7) is 10.9. The maximum atomic E-state index is 11.8. The highest BCUT2D eigenvalue weighted by Gasteiger charge is 2.40. The maximum Gasteiger partial charge on any atom is 0.237 e. The summed E-state index contributed by atoms with van der Waals surface area (Å²) in [4.78, 5) is 14.2. The molecule has 2 fully saturated rings. The molecular weight excluding hydrogens is 254 g/mol. The largest absolute Gasteiger partial charge is 0.373 e. The minimum absolute atomic E-state index is 0.112. The van der Waals surface area contributed by atoms with Crippen LogP contribution in [0.2, 0.25) is 0 Å². The van der Waals surface area contributed by atoms with E-state index in [2.05, 4.69) is 31.0 Å². The summed E-state index contributed by atoms with van der Waals surface area (Å²) in [5.41, 5.74) is 4.91. The van der Waals surface area contributed by atoms with E-state index < -0.39 is 5.54 Å². The number of hydrogen-bond donors (Lipinski definition) is 2. The molecule has 1 aliphatic carbocycles. The Morgan fingerprint density at radius 3 is 2.70 bits per heavy atom. The van der Waals surface area contributed by atoms with Gasteiger partial charge in [0.25, 0.3) is 0 Å². The van der Waals surface area contributed by atoms with Gasteiger partial charge in [0.15, 0.2) is 0 Å². The molecule has 20 heavy (non-hydrogen) atoms. The predicted molar refractivity (Wildman–Crippen MR) is 79.4 cm³/mol. The smallest absolute Gasteiger partial charge is 0.237 e. The fourth-order valence-corrected chi connectivity index (χ4v) is 3.06. The highest BCUT2D eigenvalue weighted by molar-refractivity contribution is 5.84. The first kappa shape index (κ1) is 15.7. The minimum atomic E-state index is -0.608. The number of nitrogens with two attached hydrogens (primary N) is 1. The Morgan fingerprint density at radius 1 is 1.55 bits per heavy atom. The van der Waals surface area contributed by atoms with Crippen molar-refractivity contribution < 1.29 is 9.53 Å².